The van der Waals surface area contributed by atoms with Crippen molar-refractivity contribution in [3.63, 3.8) is 0 Å². The van der Waals surface area contributed by atoms with Gasteiger partial charge in [0.25, 0.3) is 11.8 Å². The largest absolute Gasteiger partial charge is 0.396 e. The molecule has 284 valence electrons. The zero-order valence-electron chi connectivity index (χ0n) is 30.9. The number of hydrogen-bond donors (Lipinski definition) is 2. The SMILES string of the molecule is C[C@@H]1[C@@H]([Si](C)(C)F)[C@H](CCn2cc(CCO)nn2)O[C@@]12C(=O)N(Cc1ccc(N3CN(c4ccccc4)C4(CCNCC4)C3=O)cc1)c1ccc(Cl)cc12. The van der Waals surface area contributed by atoms with Crippen LogP contribution in [-0.2, 0) is 39.4 Å². The average Bonchev–Trinajstić information content (AvgIpc) is 3.88. The van der Waals surface area contributed by atoms with Gasteiger partial charge >= 0.3 is 0 Å². The monoisotopic (exact) mass is 771 g/mol. The van der Waals surface area contributed by atoms with Crippen LogP contribution in [0.4, 0.5) is 21.2 Å². The third-order valence-electron chi connectivity index (χ3n) is 12.0. The number of aryl methyl sites for hydroxylation is 1. The minimum atomic E-state index is -3.36. The Hall–Kier alpha value is -4.14. The van der Waals surface area contributed by atoms with Crippen molar-refractivity contribution in [2.45, 2.75) is 81.6 Å². The molecule has 14 heteroatoms. The molecule has 3 fully saturated rings. The number of aromatic nitrogens is 3. The summed E-state index contributed by atoms with van der Waals surface area (Å²) in [7, 11) is -3.36. The lowest BCUT2D eigenvalue weighted by atomic mass is 9.82. The van der Waals surface area contributed by atoms with Gasteiger partial charge in [-0.1, -0.05) is 54.1 Å². The summed E-state index contributed by atoms with van der Waals surface area (Å²) in [6.07, 6.45) is 3.55. The first kappa shape index (κ1) is 36.8. The Morgan fingerprint density at radius 2 is 1.76 bits per heavy atom. The van der Waals surface area contributed by atoms with E-state index < -0.39 is 37.1 Å². The third kappa shape index (κ3) is 6.14. The number of carbonyl (C=O) groups excluding carboxylic acids is 2. The van der Waals surface area contributed by atoms with Gasteiger partial charge in [-0.3, -0.25) is 19.2 Å². The average molecular weight is 772 g/mol. The van der Waals surface area contributed by atoms with Crippen LogP contribution in [0.5, 0.6) is 0 Å². The number of amides is 2. The lowest BCUT2D eigenvalue weighted by Gasteiger charge is -2.39. The Balaban J connectivity index is 1.06. The van der Waals surface area contributed by atoms with Crippen LogP contribution in [0.3, 0.4) is 0 Å². The fourth-order valence-electron chi connectivity index (χ4n) is 9.51. The molecule has 3 aromatic carbocycles. The fourth-order valence-corrected chi connectivity index (χ4v) is 12.2. The summed E-state index contributed by atoms with van der Waals surface area (Å²) in [4.78, 5) is 35.0. The minimum absolute atomic E-state index is 0.0246. The number of nitrogens with one attached hydrogen (secondary N) is 1. The number of aliphatic hydroxyl groups excluding tert-OH is 1. The summed E-state index contributed by atoms with van der Waals surface area (Å²) in [5.74, 6) is -0.578. The molecule has 0 radical (unpaired) electrons. The van der Waals surface area contributed by atoms with Crippen molar-refractivity contribution in [1.29, 1.82) is 0 Å². The summed E-state index contributed by atoms with van der Waals surface area (Å²) in [5, 5.41) is 21.5. The molecule has 0 unspecified atom stereocenters. The molecule has 54 heavy (non-hydrogen) atoms. The second-order valence-electron chi connectivity index (χ2n) is 15.6. The summed E-state index contributed by atoms with van der Waals surface area (Å²) in [6.45, 7) is 8.00. The molecule has 5 heterocycles. The van der Waals surface area contributed by atoms with E-state index in [4.69, 9.17) is 16.3 Å². The predicted octanol–water partition coefficient (Wildman–Crippen LogP) is 5.81. The molecular formula is C40H47ClFN7O4Si. The molecule has 1 aromatic heterocycles. The van der Waals surface area contributed by atoms with E-state index in [1.165, 1.54) is 0 Å². The van der Waals surface area contributed by atoms with Gasteiger partial charge in [0.1, 0.15) is 5.54 Å². The quantitative estimate of drug-likeness (QED) is 0.153. The maximum Gasteiger partial charge on any atom is 0.264 e. The van der Waals surface area contributed by atoms with Crippen LogP contribution in [0.2, 0.25) is 23.7 Å². The number of fused-ring (bicyclic) bond motifs is 2. The fraction of sp³-hybridized carbons (Fsp3) is 0.450. The van der Waals surface area contributed by atoms with Gasteiger partial charge < -0.3 is 29.1 Å². The molecule has 0 saturated carbocycles. The maximum atomic E-state index is 16.3. The molecule has 8 rings (SSSR count). The molecule has 2 N–H and O–H groups in total. The number of para-hydroxylation sites is 1. The third-order valence-corrected chi connectivity index (χ3v) is 14.7. The van der Waals surface area contributed by atoms with E-state index in [0.717, 1.165) is 42.9 Å². The Morgan fingerprint density at radius 1 is 1.02 bits per heavy atom. The van der Waals surface area contributed by atoms with Crippen molar-refractivity contribution in [1.82, 2.24) is 20.3 Å². The molecule has 0 aliphatic carbocycles. The van der Waals surface area contributed by atoms with Crippen LogP contribution >= 0.6 is 11.6 Å². The van der Waals surface area contributed by atoms with E-state index in [1.807, 2.05) is 60.4 Å². The molecule has 0 bridgehead atoms. The van der Waals surface area contributed by atoms with Crippen molar-refractivity contribution in [3.8, 4) is 0 Å². The van der Waals surface area contributed by atoms with E-state index >= 15 is 4.11 Å². The standard InChI is InChI=1S/C40H47ClFN7O4Si/c1-27-36(54(2,3)42)35(15-21-46-25-30(16-22-50)44-45-46)53-40(27)33-23-29(41)11-14-34(33)47(38(40)52)24-28-9-12-31(13-10-28)48-26-49(32-7-5-4-6-8-32)39(37(48)51)17-19-43-20-18-39/h4-14,23,25,27,35-36,43,50H,15-22,24,26H2,1-3H3/t27-,35+,36-,40+/m1/s1. The van der Waals surface area contributed by atoms with Gasteiger partial charge in [0, 0.05) is 59.2 Å². The maximum absolute atomic E-state index is 16.3. The van der Waals surface area contributed by atoms with Gasteiger partial charge in [0.05, 0.1) is 30.7 Å². The number of aliphatic hydroxyl groups is 1. The zero-order chi connectivity index (χ0) is 37.8. The van der Waals surface area contributed by atoms with E-state index in [0.29, 0.717) is 48.0 Å². The topological polar surface area (TPSA) is 116 Å². The van der Waals surface area contributed by atoms with Gasteiger partial charge in [0.2, 0.25) is 8.41 Å². The van der Waals surface area contributed by atoms with Gasteiger partial charge in [-0.15, -0.1) is 5.10 Å². The highest BCUT2D eigenvalue weighted by molar-refractivity contribution is 6.72. The van der Waals surface area contributed by atoms with Crippen molar-refractivity contribution in [3.05, 3.63) is 101 Å². The van der Waals surface area contributed by atoms with E-state index in [2.05, 4.69) is 32.7 Å². The lowest BCUT2D eigenvalue weighted by Crippen LogP contribution is -2.55. The minimum Gasteiger partial charge on any atom is -0.396 e. The molecule has 4 atom stereocenters. The van der Waals surface area contributed by atoms with E-state index in [1.54, 1.807) is 41.0 Å². The Kier molecular flexibility index (Phi) is 9.66. The van der Waals surface area contributed by atoms with E-state index in [9.17, 15) is 14.7 Å². The number of nitrogens with zero attached hydrogens (tertiary/aromatic N) is 6. The van der Waals surface area contributed by atoms with Crippen molar-refractivity contribution in [2.24, 2.45) is 5.92 Å². The van der Waals surface area contributed by atoms with Crippen LogP contribution in [0.15, 0.2) is 79.0 Å². The van der Waals surface area contributed by atoms with Crippen LogP contribution in [0, 0.1) is 5.92 Å². The molecule has 3 saturated heterocycles. The number of rotatable bonds is 10. The Bertz CT molecular complexity index is 2020. The summed E-state index contributed by atoms with van der Waals surface area (Å²) in [6, 6.07) is 23.4. The Labute approximate surface area is 321 Å². The number of hydrogen-bond acceptors (Lipinski definition) is 8. The number of halogens is 2. The van der Waals surface area contributed by atoms with Crippen molar-refractivity contribution < 1.29 is 23.5 Å². The highest BCUT2D eigenvalue weighted by atomic mass is 35.5. The number of carbonyl (C=O) groups is 2. The summed E-state index contributed by atoms with van der Waals surface area (Å²) < 4.78 is 24.9. The van der Waals surface area contributed by atoms with Crippen molar-refractivity contribution >= 4 is 48.9 Å². The summed E-state index contributed by atoms with van der Waals surface area (Å²) in [5.41, 5.74) is 2.29. The van der Waals surface area contributed by atoms with Crippen LogP contribution in [-0.4, -0.2) is 78.3 Å². The number of piperidine rings is 1. The van der Waals surface area contributed by atoms with Crippen molar-refractivity contribution in [2.75, 3.05) is 41.1 Å². The molecule has 11 nitrogen and oxygen atoms in total. The van der Waals surface area contributed by atoms with Crippen LogP contribution < -0.4 is 20.0 Å². The van der Waals surface area contributed by atoms with Gasteiger partial charge in [-0.2, -0.15) is 0 Å². The number of benzene rings is 3. The lowest BCUT2D eigenvalue weighted by molar-refractivity contribution is -0.146. The normalized spacial score (nSPS) is 25.1. The number of anilines is 3. The number of ether oxygens (including phenoxy) is 1. The molecule has 4 aliphatic rings. The van der Waals surface area contributed by atoms with Crippen LogP contribution in [0.1, 0.15) is 43.0 Å². The zero-order valence-corrected chi connectivity index (χ0v) is 32.7. The summed E-state index contributed by atoms with van der Waals surface area (Å²) >= 11 is 6.59. The molecule has 4 aromatic rings. The Morgan fingerprint density at radius 3 is 2.46 bits per heavy atom. The van der Waals surface area contributed by atoms with Gasteiger partial charge in [0.15, 0.2) is 5.60 Å². The highest BCUT2D eigenvalue weighted by Gasteiger charge is 2.66. The molecule has 2 amide bonds. The first-order valence-corrected chi connectivity index (χ1v) is 22.2. The molecule has 4 aliphatic heterocycles. The van der Waals surface area contributed by atoms with Gasteiger partial charge in [-0.05, 0) is 93.5 Å². The second-order valence-corrected chi connectivity index (χ2v) is 19.9. The first-order valence-electron chi connectivity index (χ1n) is 18.9. The molecule has 2 spiro atoms. The first-order chi connectivity index (χ1) is 26.0. The van der Waals surface area contributed by atoms with Gasteiger partial charge in [-0.25, -0.2) is 0 Å². The van der Waals surface area contributed by atoms with E-state index in [-0.39, 0.29) is 25.0 Å². The predicted molar refractivity (Wildman–Crippen MR) is 209 cm³/mol. The molecular weight excluding hydrogens is 725 g/mol. The van der Waals surface area contributed by atoms with Crippen LogP contribution in [0.25, 0.3) is 0 Å². The smallest absolute Gasteiger partial charge is 0.264 e. The highest BCUT2D eigenvalue weighted by Crippen LogP contribution is 2.60. The second kappa shape index (κ2) is 14.2.